The molecule has 0 radical (unpaired) electrons. The van der Waals surface area contributed by atoms with Gasteiger partial charge in [0, 0.05) is 31.4 Å². The van der Waals surface area contributed by atoms with Crippen LogP contribution in [0.1, 0.15) is 25.7 Å². The number of rotatable bonds is 5. The minimum Gasteiger partial charge on any atom is -0.302 e. The molecule has 0 spiro atoms. The second-order valence-corrected chi connectivity index (χ2v) is 7.79. The van der Waals surface area contributed by atoms with E-state index in [9.17, 15) is 4.57 Å². The summed E-state index contributed by atoms with van der Waals surface area (Å²) in [5, 5.41) is 3.11. The maximum Gasteiger partial charge on any atom is 0.343 e. The largest absolute Gasteiger partial charge is 0.343 e. The molecular weight excluding hydrogens is 294 g/mol. The number of hydrogen-bond acceptors (Lipinski definition) is 2. The summed E-state index contributed by atoms with van der Waals surface area (Å²) in [7, 11) is -2.93. The van der Waals surface area contributed by atoms with Gasteiger partial charge in [-0.25, -0.2) is 9.76 Å². The van der Waals surface area contributed by atoms with Crippen molar-refractivity contribution in [2.24, 2.45) is 5.92 Å². The first-order valence-electron chi connectivity index (χ1n) is 6.60. The standard InChI is InChI=1S/C11H21Cl2N2O2P/c12-5-7-15(8-6-13)18(16)14-9-10-3-1-2-4-11(10)17-18/h10-11H,1-9H2,(H,14,16)/t10-,11-,18?/m0/s1. The maximum atomic E-state index is 12.8. The van der Waals surface area contributed by atoms with Crippen LogP contribution >= 0.6 is 30.9 Å². The summed E-state index contributed by atoms with van der Waals surface area (Å²) in [6.45, 7) is 1.86. The number of nitrogens with zero attached hydrogens (tertiary/aromatic N) is 1. The highest BCUT2D eigenvalue weighted by atomic mass is 35.5. The van der Waals surface area contributed by atoms with Crippen molar-refractivity contribution >= 4 is 30.9 Å². The normalized spacial score (nSPS) is 36.6. The average Bonchev–Trinajstić information content (AvgIpc) is 2.38. The average molecular weight is 315 g/mol. The van der Waals surface area contributed by atoms with Crippen LogP contribution in [0, 0.1) is 5.92 Å². The fourth-order valence-corrected chi connectivity index (χ4v) is 5.62. The van der Waals surface area contributed by atoms with E-state index in [0.717, 1.165) is 13.0 Å². The summed E-state index contributed by atoms with van der Waals surface area (Å²) < 4.78 is 20.5. The third kappa shape index (κ3) is 3.41. The van der Waals surface area contributed by atoms with Crippen molar-refractivity contribution in [2.75, 3.05) is 31.4 Å². The van der Waals surface area contributed by atoms with E-state index in [1.54, 1.807) is 4.67 Å². The molecule has 2 fully saturated rings. The lowest BCUT2D eigenvalue weighted by molar-refractivity contribution is 0.0625. The zero-order chi connectivity index (χ0) is 13.0. The molecule has 4 nitrogen and oxygen atoms in total. The molecule has 2 aliphatic rings. The van der Waals surface area contributed by atoms with Gasteiger partial charge in [0.25, 0.3) is 0 Å². The Labute approximate surface area is 119 Å². The monoisotopic (exact) mass is 314 g/mol. The number of hydrogen-bond donors (Lipinski definition) is 1. The van der Waals surface area contributed by atoms with E-state index in [0.29, 0.717) is 30.8 Å². The topological polar surface area (TPSA) is 41.6 Å². The van der Waals surface area contributed by atoms with Gasteiger partial charge in [0.1, 0.15) is 0 Å². The van der Waals surface area contributed by atoms with Crippen molar-refractivity contribution < 1.29 is 9.09 Å². The summed E-state index contributed by atoms with van der Waals surface area (Å²) in [4.78, 5) is 0. The van der Waals surface area contributed by atoms with Crippen LogP contribution in [-0.4, -0.2) is 42.2 Å². The zero-order valence-electron chi connectivity index (χ0n) is 10.5. The molecule has 0 amide bonds. The lowest BCUT2D eigenvalue weighted by Gasteiger charge is -2.42. The van der Waals surface area contributed by atoms with Crippen LogP contribution < -0.4 is 5.09 Å². The van der Waals surface area contributed by atoms with Crippen LogP contribution in [0.2, 0.25) is 0 Å². The summed E-state index contributed by atoms with van der Waals surface area (Å²) in [5.41, 5.74) is 0. The summed E-state index contributed by atoms with van der Waals surface area (Å²) in [5.74, 6) is 1.37. The van der Waals surface area contributed by atoms with E-state index in [4.69, 9.17) is 27.7 Å². The molecule has 1 unspecified atom stereocenters. The SMILES string of the molecule is O=P1(N(CCCl)CCCl)NC[C@@H]2CCCC[C@@H]2O1. The Morgan fingerprint density at radius 1 is 1.22 bits per heavy atom. The second-order valence-electron chi connectivity index (χ2n) is 4.90. The fourth-order valence-electron chi connectivity index (χ4n) is 2.74. The molecule has 0 bridgehead atoms. The third-order valence-corrected chi connectivity index (χ3v) is 6.35. The Morgan fingerprint density at radius 2 is 1.89 bits per heavy atom. The van der Waals surface area contributed by atoms with Gasteiger partial charge in [-0.05, 0) is 18.8 Å². The van der Waals surface area contributed by atoms with E-state index in [1.807, 2.05) is 0 Å². The molecule has 1 saturated carbocycles. The first kappa shape index (κ1) is 15.1. The molecule has 7 heteroatoms. The van der Waals surface area contributed by atoms with Gasteiger partial charge in [0.05, 0.1) is 6.10 Å². The van der Waals surface area contributed by atoms with Gasteiger partial charge in [0.2, 0.25) is 0 Å². The summed E-state index contributed by atoms with van der Waals surface area (Å²) in [6, 6.07) is 0. The molecule has 2 rings (SSSR count). The quantitative estimate of drug-likeness (QED) is 0.625. The Morgan fingerprint density at radius 3 is 2.56 bits per heavy atom. The third-order valence-electron chi connectivity index (χ3n) is 3.73. The minimum absolute atomic E-state index is 0.138. The van der Waals surface area contributed by atoms with Crippen molar-refractivity contribution in [2.45, 2.75) is 31.8 Å². The number of halogens is 2. The Bertz CT molecular complexity index is 313. The molecule has 1 aliphatic heterocycles. The van der Waals surface area contributed by atoms with E-state index >= 15 is 0 Å². The predicted octanol–water partition coefficient (Wildman–Crippen LogP) is 3.05. The fraction of sp³-hybridized carbons (Fsp3) is 1.00. The first-order valence-corrected chi connectivity index (χ1v) is 9.25. The van der Waals surface area contributed by atoms with Gasteiger partial charge in [-0.2, -0.15) is 0 Å². The molecule has 1 heterocycles. The maximum absolute atomic E-state index is 12.8. The lowest BCUT2D eigenvalue weighted by Crippen LogP contribution is -2.45. The zero-order valence-corrected chi connectivity index (χ0v) is 12.9. The summed E-state index contributed by atoms with van der Waals surface area (Å²) in [6.07, 6.45) is 4.75. The Balaban J connectivity index is 2.03. The molecule has 0 aromatic carbocycles. The van der Waals surface area contributed by atoms with E-state index in [2.05, 4.69) is 5.09 Å². The highest BCUT2D eigenvalue weighted by Crippen LogP contribution is 2.53. The number of fused-ring (bicyclic) bond motifs is 1. The van der Waals surface area contributed by atoms with Crippen LogP contribution in [0.25, 0.3) is 0 Å². The van der Waals surface area contributed by atoms with Crippen LogP contribution in [0.5, 0.6) is 0 Å². The molecule has 0 aromatic heterocycles. The lowest BCUT2D eigenvalue weighted by atomic mass is 9.87. The molecule has 1 saturated heterocycles. The summed E-state index contributed by atoms with van der Waals surface area (Å²) >= 11 is 11.5. The van der Waals surface area contributed by atoms with Crippen LogP contribution in [-0.2, 0) is 9.09 Å². The van der Waals surface area contributed by atoms with Crippen LogP contribution in [0.15, 0.2) is 0 Å². The Kier molecular flexibility index (Phi) is 5.80. The van der Waals surface area contributed by atoms with Crippen LogP contribution in [0.3, 0.4) is 0 Å². The van der Waals surface area contributed by atoms with E-state index in [1.165, 1.54) is 19.3 Å². The molecule has 1 N–H and O–H groups in total. The molecule has 106 valence electrons. The van der Waals surface area contributed by atoms with Crippen molar-refractivity contribution in [1.82, 2.24) is 9.76 Å². The highest BCUT2D eigenvalue weighted by Gasteiger charge is 2.42. The highest BCUT2D eigenvalue weighted by molar-refractivity contribution is 7.54. The van der Waals surface area contributed by atoms with Gasteiger partial charge in [-0.15, -0.1) is 23.2 Å². The minimum atomic E-state index is -2.93. The van der Waals surface area contributed by atoms with E-state index in [-0.39, 0.29) is 6.10 Å². The second kappa shape index (κ2) is 6.92. The molecule has 3 atom stereocenters. The number of alkyl halides is 2. The molecule has 0 aromatic rings. The smallest absolute Gasteiger partial charge is 0.302 e. The van der Waals surface area contributed by atoms with E-state index < -0.39 is 7.67 Å². The van der Waals surface area contributed by atoms with Crippen molar-refractivity contribution in [3.63, 3.8) is 0 Å². The Hall–Kier alpha value is 0.690. The van der Waals surface area contributed by atoms with Crippen molar-refractivity contribution in [3.05, 3.63) is 0 Å². The van der Waals surface area contributed by atoms with Gasteiger partial charge < -0.3 is 4.52 Å². The van der Waals surface area contributed by atoms with Crippen molar-refractivity contribution in [3.8, 4) is 0 Å². The van der Waals surface area contributed by atoms with Gasteiger partial charge in [0.15, 0.2) is 0 Å². The number of nitrogens with one attached hydrogen (secondary N) is 1. The van der Waals surface area contributed by atoms with Gasteiger partial charge >= 0.3 is 7.67 Å². The molecule has 18 heavy (non-hydrogen) atoms. The van der Waals surface area contributed by atoms with Gasteiger partial charge in [-0.3, -0.25) is 4.57 Å². The molecule has 1 aliphatic carbocycles. The predicted molar refractivity (Wildman–Crippen MR) is 75.5 cm³/mol. The molecular formula is C11H21Cl2N2O2P. The van der Waals surface area contributed by atoms with Crippen LogP contribution in [0.4, 0.5) is 0 Å². The first-order chi connectivity index (χ1) is 8.69. The van der Waals surface area contributed by atoms with Gasteiger partial charge in [-0.1, -0.05) is 12.8 Å². The van der Waals surface area contributed by atoms with Crippen molar-refractivity contribution in [1.29, 1.82) is 0 Å².